The van der Waals surface area contributed by atoms with Crippen LogP contribution in [0.4, 0.5) is 0 Å². The van der Waals surface area contributed by atoms with E-state index >= 15 is 0 Å². The minimum Gasteiger partial charge on any atom is -0.391 e. The monoisotopic (exact) mass is 271 g/mol. The minimum atomic E-state index is -0.383. The summed E-state index contributed by atoms with van der Waals surface area (Å²) in [6.07, 6.45) is 0.382. The van der Waals surface area contributed by atoms with Gasteiger partial charge in [0.05, 0.1) is 6.10 Å². The van der Waals surface area contributed by atoms with Gasteiger partial charge in [0.2, 0.25) is 11.8 Å². The number of aliphatic hydroxyl groups excluding tert-OH is 1. The smallest absolute Gasteiger partial charge is 0.221 e. The van der Waals surface area contributed by atoms with Crippen molar-refractivity contribution < 1.29 is 14.7 Å². The number of carbonyl (C=O) groups is 2. The fourth-order valence-corrected chi connectivity index (χ4v) is 2.02. The van der Waals surface area contributed by atoms with Gasteiger partial charge in [0, 0.05) is 44.9 Å². The quantitative estimate of drug-likeness (QED) is 0.490. The highest BCUT2D eigenvalue weighted by atomic mass is 16.3. The maximum atomic E-state index is 11.5. The maximum Gasteiger partial charge on any atom is 0.221 e. The van der Waals surface area contributed by atoms with Gasteiger partial charge in [0.15, 0.2) is 0 Å². The Kier molecular flexibility index (Phi) is 6.80. The van der Waals surface area contributed by atoms with Crippen molar-refractivity contribution in [1.29, 1.82) is 0 Å². The van der Waals surface area contributed by atoms with Crippen LogP contribution in [0.1, 0.15) is 26.7 Å². The van der Waals surface area contributed by atoms with E-state index in [0.29, 0.717) is 32.0 Å². The van der Waals surface area contributed by atoms with E-state index in [2.05, 4.69) is 16.0 Å². The Bertz CT molecular complexity index is 308. The first-order valence-corrected chi connectivity index (χ1v) is 6.91. The SMILES string of the molecule is CC(C)CC(=O)NCCC(=O)NCC1CNCC1O. The zero-order chi connectivity index (χ0) is 14.3. The van der Waals surface area contributed by atoms with E-state index in [1.165, 1.54) is 0 Å². The van der Waals surface area contributed by atoms with Gasteiger partial charge in [-0.25, -0.2) is 0 Å². The molecule has 0 aromatic rings. The first kappa shape index (κ1) is 15.9. The molecule has 1 heterocycles. The van der Waals surface area contributed by atoms with Gasteiger partial charge in [-0.15, -0.1) is 0 Å². The second kappa shape index (κ2) is 8.12. The van der Waals surface area contributed by atoms with Crippen molar-refractivity contribution in [3.63, 3.8) is 0 Å². The molecule has 19 heavy (non-hydrogen) atoms. The number of nitrogens with one attached hydrogen (secondary N) is 3. The fourth-order valence-electron chi connectivity index (χ4n) is 2.02. The van der Waals surface area contributed by atoms with E-state index in [1.807, 2.05) is 13.8 Å². The number of aliphatic hydroxyl groups is 1. The van der Waals surface area contributed by atoms with Crippen LogP contribution in [0.3, 0.4) is 0 Å². The third kappa shape index (κ3) is 6.54. The van der Waals surface area contributed by atoms with Gasteiger partial charge in [-0.3, -0.25) is 9.59 Å². The Morgan fingerprint density at radius 1 is 1.26 bits per heavy atom. The lowest BCUT2D eigenvalue weighted by molar-refractivity contribution is -0.122. The van der Waals surface area contributed by atoms with Gasteiger partial charge in [0.25, 0.3) is 0 Å². The lowest BCUT2D eigenvalue weighted by atomic mass is 10.1. The second-order valence-corrected chi connectivity index (χ2v) is 5.49. The zero-order valence-corrected chi connectivity index (χ0v) is 11.7. The Balaban J connectivity index is 2.06. The standard InChI is InChI=1S/C13H25N3O3/c1-9(2)5-13(19)15-4-3-12(18)16-7-10-6-14-8-11(10)17/h9-11,14,17H,3-8H2,1-2H3,(H,15,19)(H,16,18). The van der Waals surface area contributed by atoms with Crippen LogP contribution in [-0.4, -0.2) is 49.2 Å². The zero-order valence-electron chi connectivity index (χ0n) is 11.7. The molecular weight excluding hydrogens is 246 g/mol. The summed E-state index contributed by atoms with van der Waals surface area (Å²) in [6, 6.07) is 0. The Labute approximate surface area is 114 Å². The third-order valence-electron chi connectivity index (χ3n) is 3.13. The Hall–Kier alpha value is -1.14. The van der Waals surface area contributed by atoms with Gasteiger partial charge in [-0.2, -0.15) is 0 Å². The Morgan fingerprint density at radius 2 is 2.00 bits per heavy atom. The summed E-state index contributed by atoms with van der Waals surface area (Å²) in [5.74, 6) is 0.298. The van der Waals surface area contributed by atoms with E-state index in [0.717, 1.165) is 6.54 Å². The van der Waals surface area contributed by atoms with E-state index in [-0.39, 0.29) is 30.3 Å². The molecule has 0 aromatic carbocycles. The molecule has 0 aliphatic carbocycles. The highest BCUT2D eigenvalue weighted by Gasteiger charge is 2.24. The van der Waals surface area contributed by atoms with Crippen molar-refractivity contribution in [1.82, 2.24) is 16.0 Å². The van der Waals surface area contributed by atoms with Crippen LogP contribution < -0.4 is 16.0 Å². The predicted octanol–water partition coefficient (Wildman–Crippen LogP) is -0.765. The molecule has 1 fully saturated rings. The van der Waals surface area contributed by atoms with Crippen molar-refractivity contribution in [3.05, 3.63) is 0 Å². The van der Waals surface area contributed by atoms with Crippen molar-refractivity contribution in [2.24, 2.45) is 11.8 Å². The fraction of sp³-hybridized carbons (Fsp3) is 0.846. The molecule has 2 atom stereocenters. The summed E-state index contributed by atoms with van der Waals surface area (Å²) >= 11 is 0. The van der Waals surface area contributed by atoms with Crippen LogP contribution in [0.15, 0.2) is 0 Å². The molecule has 1 aliphatic heterocycles. The molecule has 110 valence electrons. The molecule has 0 saturated carbocycles. The molecule has 6 nitrogen and oxygen atoms in total. The number of β-amino-alcohol motifs (C(OH)–C–C–N with tert-alkyl or cyclic N) is 1. The van der Waals surface area contributed by atoms with E-state index in [4.69, 9.17) is 0 Å². The van der Waals surface area contributed by atoms with Gasteiger partial charge in [0.1, 0.15) is 0 Å². The predicted molar refractivity (Wildman–Crippen MR) is 72.5 cm³/mol. The molecular formula is C13H25N3O3. The molecule has 2 amide bonds. The highest BCUT2D eigenvalue weighted by molar-refractivity contribution is 5.79. The van der Waals surface area contributed by atoms with E-state index in [1.54, 1.807) is 0 Å². The molecule has 0 aromatic heterocycles. The molecule has 2 unspecified atom stereocenters. The van der Waals surface area contributed by atoms with Crippen LogP contribution >= 0.6 is 0 Å². The topological polar surface area (TPSA) is 90.5 Å². The summed E-state index contributed by atoms with van der Waals surface area (Å²) in [7, 11) is 0. The average molecular weight is 271 g/mol. The maximum absolute atomic E-state index is 11.5. The summed E-state index contributed by atoms with van der Waals surface area (Å²) in [5, 5.41) is 18.1. The van der Waals surface area contributed by atoms with Crippen molar-refractivity contribution in [2.75, 3.05) is 26.2 Å². The van der Waals surface area contributed by atoms with Crippen LogP contribution in [0.5, 0.6) is 0 Å². The van der Waals surface area contributed by atoms with Crippen molar-refractivity contribution in [2.45, 2.75) is 32.8 Å². The average Bonchev–Trinajstić information content (AvgIpc) is 2.71. The summed E-state index contributed by atoms with van der Waals surface area (Å²) in [4.78, 5) is 22.9. The summed E-state index contributed by atoms with van der Waals surface area (Å²) in [6.45, 7) is 6.12. The largest absolute Gasteiger partial charge is 0.391 e. The van der Waals surface area contributed by atoms with Crippen molar-refractivity contribution >= 4 is 11.8 Å². The molecule has 0 radical (unpaired) electrons. The van der Waals surface area contributed by atoms with Crippen LogP contribution in [0.25, 0.3) is 0 Å². The number of amides is 2. The number of hydrogen-bond donors (Lipinski definition) is 4. The highest BCUT2D eigenvalue weighted by Crippen LogP contribution is 2.06. The lowest BCUT2D eigenvalue weighted by Crippen LogP contribution is -2.36. The lowest BCUT2D eigenvalue weighted by Gasteiger charge is -2.14. The van der Waals surface area contributed by atoms with Gasteiger partial charge >= 0.3 is 0 Å². The second-order valence-electron chi connectivity index (χ2n) is 5.49. The molecule has 1 rings (SSSR count). The first-order chi connectivity index (χ1) is 8.99. The van der Waals surface area contributed by atoms with Gasteiger partial charge < -0.3 is 21.1 Å². The number of carbonyl (C=O) groups excluding carboxylic acids is 2. The van der Waals surface area contributed by atoms with Crippen LogP contribution in [0.2, 0.25) is 0 Å². The molecule has 1 aliphatic rings. The summed E-state index contributed by atoms with van der Waals surface area (Å²) in [5.41, 5.74) is 0. The molecule has 0 spiro atoms. The van der Waals surface area contributed by atoms with Crippen LogP contribution in [-0.2, 0) is 9.59 Å². The minimum absolute atomic E-state index is 0.0155. The number of hydrogen-bond acceptors (Lipinski definition) is 4. The molecule has 6 heteroatoms. The van der Waals surface area contributed by atoms with Gasteiger partial charge in [-0.05, 0) is 5.92 Å². The van der Waals surface area contributed by atoms with Gasteiger partial charge in [-0.1, -0.05) is 13.8 Å². The van der Waals surface area contributed by atoms with Crippen LogP contribution in [0, 0.1) is 11.8 Å². The molecule has 1 saturated heterocycles. The first-order valence-electron chi connectivity index (χ1n) is 6.91. The number of rotatable bonds is 7. The van der Waals surface area contributed by atoms with Crippen molar-refractivity contribution in [3.8, 4) is 0 Å². The molecule has 0 bridgehead atoms. The summed E-state index contributed by atoms with van der Waals surface area (Å²) < 4.78 is 0. The van der Waals surface area contributed by atoms with E-state index < -0.39 is 0 Å². The third-order valence-corrected chi connectivity index (χ3v) is 3.13. The molecule has 4 N–H and O–H groups in total. The normalized spacial score (nSPS) is 22.5. The van der Waals surface area contributed by atoms with E-state index in [9.17, 15) is 14.7 Å². The Morgan fingerprint density at radius 3 is 2.58 bits per heavy atom.